The number of carbonyl (C=O) groups is 1. The van der Waals surface area contributed by atoms with Crippen molar-refractivity contribution in [2.45, 2.75) is 0 Å². The lowest BCUT2D eigenvalue weighted by Gasteiger charge is -2.09. The third-order valence-electron chi connectivity index (χ3n) is 3.48. The van der Waals surface area contributed by atoms with Crippen LogP contribution in [0, 0.1) is 0 Å². The smallest absolute Gasteiger partial charge is 0.256 e. The first-order chi connectivity index (χ1) is 12.2. The summed E-state index contributed by atoms with van der Waals surface area (Å²) in [6, 6.07) is 18.4. The largest absolute Gasteiger partial charge is 0.497 e. The van der Waals surface area contributed by atoms with Gasteiger partial charge in [-0.05, 0) is 52.3 Å². The lowest BCUT2D eigenvalue weighted by Crippen LogP contribution is -2.12. The molecule has 1 heterocycles. The van der Waals surface area contributed by atoms with E-state index in [-0.39, 0.29) is 5.91 Å². The van der Waals surface area contributed by atoms with Crippen LogP contribution in [0.1, 0.15) is 10.4 Å². The van der Waals surface area contributed by atoms with Crippen LogP contribution in [-0.4, -0.2) is 18.0 Å². The fourth-order valence-corrected chi connectivity index (χ4v) is 2.70. The number of hydrogen-bond donors (Lipinski definition) is 2. The molecule has 0 unspecified atom stereocenters. The molecule has 126 valence electrons. The molecule has 0 aliphatic carbocycles. The minimum atomic E-state index is -0.192. The summed E-state index contributed by atoms with van der Waals surface area (Å²) in [5.41, 5.74) is 2.06. The Balaban J connectivity index is 1.68. The number of anilines is 3. The van der Waals surface area contributed by atoms with Gasteiger partial charge in [-0.15, -0.1) is 0 Å². The highest BCUT2D eigenvalue weighted by Gasteiger charge is 2.09. The van der Waals surface area contributed by atoms with Crippen molar-refractivity contribution in [3.63, 3.8) is 0 Å². The normalized spacial score (nSPS) is 10.2. The van der Waals surface area contributed by atoms with Crippen molar-refractivity contribution in [3.8, 4) is 5.75 Å². The molecule has 0 fully saturated rings. The van der Waals surface area contributed by atoms with Crippen molar-refractivity contribution in [3.05, 3.63) is 76.9 Å². The third-order valence-corrected chi connectivity index (χ3v) is 4.17. The summed E-state index contributed by atoms with van der Waals surface area (Å²) in [5.74, 6) is 1.25. The predicted octanol–water partition coefficient (Wildman–Crippen LogP) is 4.85. The SMILES string of the molecule is COc1cccc(Nc2ccc(NC(=O)c3ccccc3Br)cn2)c1. The molecule has 5 nitrogen and oxygen atoms in total. The summed E-state index contributed by atoms with van der Waals surface area (Å²) in [6.07, 6.45) is 1.61. The van der Waals surface area contributed by atoms with Crippen LogP contribution in [-0.2, 0) is 0 Å². The average molecular weight is 398 g/mol. The van der Waals surface area contributed by atoms with Crippen molar-refractivity contribution in [2.75, 3.05) is 17.7 Å². The Morgan fingerprint density at radius 3 is 2.60 bits per heavy atom. The number of nitrogens with zero attached hydrogens (tertiary/aromatic N) is 1. The standard InChI is InChI=1S/C19H16BrN3O2/c1-25-15-6-4-5-13(11-15)22-18-10-9-14(12-21-18)23-19(24)16-7-2-3-8-17(16)20/h2-12H,1H3,(H,21,22)(H,23,24). The average Bonchev–Trinajstić information content (AvgIpc) is 2.64. The van der Waals surface area contributed by atoms with E-state index in [1.165, 1.54) is 0 Å². The van der Waals surface area contributed by atoms with Crippen molar-refractivity contribution in [1.29, 1.82) is 0 Å². The van der Waals surface area contributed by atoms with Gasteiger partial charge >= 0.3 is 0 Å². The fourth-order valence-electron chi connectivity index (χ4n) is 2.23. The Kier molecular flexibility index (Phi) is 5.30. The first-order valence-corrected chi connectivity index (χ1v) is 8.38. The molecular formula is C19H16BrN3O2. The summed E-state index contributed by atoms with van der Waals surface area (Å²) < 4.78 is 5.94. The molecule has 0 radical (unpaired) electrons. The number of halogens is 1. The van der Waals surface area contributed by atoms with Crippen LogP contribution in [0.3, 0.4) is 0 Å². The van der Waals surface area contributed by atoms with Crippen LogP contribution in [0.25, 0.3) is 0 Å². The maximum Gasteiger partial charge on any atom is 0.256 e. The van der Waals surface area contributed by atoms with Crippen LogP contribution in [0.4, 0.5) is 17.2 Å². The molecule has 0 atom stereocenters. The van der Waals surface area contributed by atoms with Crippen molar-refractivity contribution in [1.82, 2.24) is 4.98 Å². The van der Waals surface area contributed by atoms with E-state index < -0.39 is 0 Å². The van der Waals surface area contributed by atoms with Crippen molar-refractivity contribution < 1.29 is 9.53 Å². The third kappa shape index (κ3) is 4.36. The number of benzene rings is 2. The number of aromatic nitrogens is 1. The van der Waals surface area contributed by atoms with Gasteiger partial charge in [0.25, 0.3) is 5.91 Å². The van der Waals surface area contributed by atoms with E-state index in [1.807, 2.05) is 42.5 Å². The summed E-state index contributed by atoms with van der Waals surface area (Å²) in [6.45, 7) is 0. The number of amides is 1. The van der Waals surface area contributed by atoms with Crippen LogP contribution < -0.4 is 15.4 Å². The number of ether oxygens (including phenoxy) is 1. The molecule has 0 bridgehead atoms. The van der Waals surface area contributed by atoms with Gasteiger partial charge in [-0.2, -0.15) is 0 Å². The van der Waals surface area contributed by atoms with E-state index in [2.05, 4.69) is 31.5 Å². The molecule has 2 aromatic carbocycles. The molecule has 6 heteroatoms. The number of nitrogens with one attached hydrogen (secondary N) is 2. The molecule has 1 aromatic heterocycles. The first-order valence-electron chi connectivity index (χ1n) is 7.59. The molecule has 25 heavy (non-hydrogen) atoms. The minimum absolute atomic E-state index is 0.192. The van der Waals surface area contributed by atoms with Crippen molar-refractivity contribution in [2.24, 2.45) is 0 Å². The zero-order chi connectivity index (χ0) is 17.6. The Morgan fingerprint density at radius 1 is 1.04 bits per heavy atom. The van der Waals surface area contributed by atoms with Gasteiger partial charge in [-0.25, -0.2) is 4.98 Å². The van der Waals surface area contributed by atoms with Crippen LogP contribution >= 0.6 is 15.9 Å². The van der Waals surface area contributed by atoms with E-state index >= 15 is 0 Å². The molecule has 0 saturated carbocycles. The molecule has 0 spiro atoms. The summed E-state index contributed by atoms with van der Waals surface area (Å²) in [7, 11) is 1.62. The quantitative estimate of drug-likeness (QED) is 0.645. The maximum atomic E-state index is 12.3. The van der Waals surface area contributed by atoms with E-state index in [0.717, 1.165) is 15.9 Å². The summed E-state index contributed by atoms with van der Waals surface area (Å²) >= 11 is 3.37. The second-order valence-corrected chi connectivity index (χ2v) is 6.08. The number of hydrogen-bond acceptors (Lipinski definition) is 4. The second-order valence-electron chi connectivity index (χ2n) is 5.22. The highest BCUT2D eigenvalue weighted by Crippen LogP contribution is 2.21. The highest BCUT2D eigenvalue weighted by atomic mass is 79.9. The van der Waals surface area contributed by atoms with Crippen LogP contribution in [0.5, 0.6) is 5.75 Å². The lowest BCUT2D eigenvalue weighted by atomic mass is 10.2. The van der Waals surface area contributed by atoms with E-state index in [0.29, 0.717) is 17.1 Å². The number of carbonyl (C=O) groups excluding carboxylic acids is 1. The summed E-state index contributed by atoms with van der Waals surface area (Å²) in [4.78, 5) is 16.6. The van der Waals surface area contributed by atoms with E-state index in [4.69, 9.17) is 4.74 Å². The Bertz CT molecular complexity index is 882. The zero-order valence-electron chi connectivity index (χ0n) is 13.5. The Hall–Kier alpha value is -2.86. The molecular weight excluding hydrogens is 382 g/mol. The Labute approximate surface area is 154 Å². The van der Waals surface area contributed by atoms with Gasteiger partial charge in [-0.1, -0.05) is 18.2 Å². The molecule has 3 rings (SSSR count). The van der Waals surface area contributed by atoms with Gasteiger partial charge < -0.3 is 15.4 Å². The van der Waals surface area contributed by atoms with Crippen LogP contribution in [0.15, 0.2) is 71.3 Å². The highest BCUT2D eigenvalue weighted by molar-refractivity contribution is 9.10. The molecule has 1 amide bonds. The molecule has 0 aliphatic rings. The second kappa shape index (κ2) is 7.81. The maximum absolute atomic E-state index is 12.3. The van der Waals surface area contributed by atoms with Gasteiger partial charge in [0.1, 0.15) is 11.6 Å². The fraction of sp³-hybridized carbons (Fsp3) is 0.0526. The molecule has 0 aliphatic heterocycles. The lowest BCUT2D eigenvalue weighted by molar-refractivity contribution is 0.102. The van der Waals surface area contributed by atoms with Crippen LogP contribution in [0.2, 0.25) is 0 Å². The van der Waals surface area contributed by atoms with Gasteiger partial charge in [0.15, 0.2) is 0 Å². The van der Waals surface area contributed by atoms with Gasteiger partial charge in [0.2, 0.25) is 0 Å². The van der Waals surface area contributed by atoms with Crippen molar-refractivity contribution >= 4 is 39.0 Å². The first kappa shape index (κ1) is 17.0. The van der Waals surface area contributed by atoms with E-state index in [9.17, 15) is 4.79 Å². The van der Waals surface area contributed by atoms with Gasteiger partial charge in [0, 0.05) is 16.2 Å². The molecule has 0 saturated heterocycles. The summed E-state index contributed by atoms with van der Waals surface area (Å²) in [5, 5.41) is 6.02. The number of pyridine rings is 1. The van der Waals surface area contributed by atoms with Gasteiger partial charge in [-0.3, -0.25) is 4.79 Å². The Morgan fingerprint density at radius 2 is 1.88 bits per heavy atom. The molecule has 3 aromatic rings. The number of rotatable bonds is 5. The van der Waals surface area contributed by atoms with Gasteiger partial charge in [0.05, 0.1) is 24.6 Å². The number of methoxy groups -OCH3 is 1. The minimum Gasteiger partial charge on any atom is -0.497 e. The topological polar surface area (TPSA) is 63.2 Å². The zero-order valence-corrected chi connectivity index (χ0v) is 15.1. The molecule has 2 N–H and O–H groups in total. The monoisotopic (exact) mass is 397 g/mol. The van der Waals surface area contributed by atoms with E-state index in [1.54, 1.807) is 31.5 Å². The predicted molar refractivity (Wildman–Crippen MR) is 103 cm³/mol.